The van der Waals surface area contributed by atoms with E-state index in [1.54, 1.807) is 0 Å². The van der Waals surface area contributed by atoms with E-state index in [1.807, 2.05) is 0 Å². The zero-order valence-corrected chi connectivity index (χ0v) is 21.6. The summed E-state index contributed by atoms with van der Waals surface area (Å²) in [4.78, 5) is 32.3. The summed E-state index contributed by atoms with van der Waals surface area (Å²) in [5, 5.41) is 43.2. The SMILES string of the molecule is O=P(O)(O)[C@@](CO)(Cc1ncn[nH]1)OC[C@H]1O[C@@H](n2ncc3c(NC4CCCC4)nc(Cl)nc32)[C@H](O)[C@@H]1O. The second-order valence-corrected chi connectivity index (χ2v) is 11.6. The molecule has 1 aliphatic heterocycles. The van der Waals surface area contributed by atoms with E-state index in [0.29, 0.717) is 11.2 Å². The molecular weight excluding hydrogens is 547 g/mol. The highest BCUT2D eigenvalue weighted by atomic mass is 35.5. The molecule has 1 saturated carbocycles. The molecule has 38 heavy (non-hydrogen) atoms. The second kappa shape index (κ2) is 10.7. The van der Waals surface area contributed by atoms with Crippen LogP contribution in [0.3, 0.4) is 0 Å². The molecule has 0 aromatic carbocycles. The molecule has 2 aliphatic rings. The van der Waals surface area contributed by atoms with Crippen LogP contribution in [0.5, 0.6) is 0 Å². The lowest BCUT2D eigenvalue weighted by atomic mass is 10.1. The number of ether oxygens (including phenoxy) is 2. The third-order valence-corrected chi connectivity index (χ3v) is 8.56. The van der Waals surface area contributed by atoms with E-state index in [0.717, 1.165) is 32.0 Å². The van der Waals surface area contributed by atoms with E-state index in [-0.39, 0.29) is 22.8 Å². The number of hydrogen-bond donors (Lipinski definition) is 7. The van der Waals surface area contributed by atoms with E-state index < -0.39 is 57.1 Å². The van der Waals surface area contributed by atoms with Gasteiger partial charge in [0.2, 0.25) is 5.28 Å². The summed E-state index contributed by atoms with van der Waals surface area (Å²) < 4.78 is 24.9. The van der Waals surface area contributed by atoms with Gasteiger partial charge >= 0.3 is 7.60 Å². The van der Waals surface area contributed by atoms with Crippen LogP contribution in [-0.4, -0.2) is 103 Å². The molecule has 0 amide bonds. The van der Waals surface area contributed by atoms with E-state index in [2.05, 4.69) is 35.6 Å². The monoisotopic (exact) mass is 574 g/mol. The van der Waals surface area contributed by atoms with Gasteiger partial charge in [0.15, 0.2) is 17.2 Å². The molecule has 208 valence electrons. The summed E-state index contributed by atoms with van der Waals surface area (Å²) in [6.45, 7) is -1.65. The van der Waals surface area contributed by atoms with Crippen molar-refractivity contribution < 1.29 is 39.1 Å². The molecule has 1 aliphatic carbocycles. The predicted molar refractivity (Wildman–Crippen MR) is 130 cm³/mol. The first-order chi connectivity index (χ1) is 18.1. The lowest BCUT2D eigenvalue weighted by molar-refractivity contribution is -0.109. The van der Waals surface area contributed by atoms with Gasteiger partial charge in [-0.2, -0.15) is 20.2 Å². The van der Waals surface area contributed by atoms with Gasteiger partial charge in [-0.1, -0.05) is 12.8 Å². The highest BCUT2D eigenvalue weighted by Gasteiger charge is 2.51. The van der Waals surface area contributed by atoms with Crippen LogP contribution in [0, 0.1) is 0 Å². The number of aromatic nitrogens is 7. The van der Waals surface area contributed by atoms with E-state index in [4.69, 9.17) is 21.1 Å². The van der Waals surface area contributed by atoms with Crippen LogP contribution >= 0.6 is 19.2 Å². The third kappa shape index (κ3) is 5.15. The summed E-state index contributed by atoms with van der Waals surface area (Å²) in [7, 11) is -5.08. The molecule has 5 atom stereocenters. The van der Waals surface area contributed by atoms with Crippen molar-refractivity contribution in [3.8, 4) is 0 Å². The predicted octanol–water partition coefficient (Wildman–Crippen LogP) is -0.303. The molecule has 1 saturated heterocycles. The van der Waals surface area contributed by atoms with Crippen molar-refractivity contribution in [2.75, 3.05) is 18.5 Å². The van der Waals surface area contributed by atoms with E-state index in [1.165, 1.54) is 10.9 Å². The Bertz CT molecular complexity index is 1300. The van der Waals surface area contributed by atoms with Crippen molar-refractivity contribution in [1.29, 1.82) is 0 Å². The number of H-pyrrole nitrogens is 1. The molecule has 5 rings (SSSR count). The van der Waals surface area contributed by atoms with E-state index >= 15 is 0 Å². The van der Waals surface area contributed by atoms with Gasteiger partial charge in [-0.15, -0.1) is 0 Å². The lowest BCUT2D eigenvalue weighted by Gasteiger charge is -2.33. The van der Waals surface area contributed by atoms with Gasteiger partial charge in [-0.25, -0.2) is 9.67 Å². The molecule has 3 aromatic rings. The number of anilines is 1. The number of aliphatic hydroxyl groups excluding tert-OH is 3. The van der Waals surface area contributed by atoms with Crippen LogP contribution in [-0.2, 0) is 20.5 Å². The number of aliphatic hydroxyl groups is 3. The summed E-state index contributed by atoms with van der Waals surface area (Å²) in [5.41, 5.74) is 0.258. The Morgan fingerprint density at radius 1 is 1.26 bits per heavy atom. The number of hydrogen-bond acceptors (Lipinski definition) is 12. The Hall–Kier alpha value is -2.27. The molecular formula is C20H28ClN8O8P. The topological polar surface area (TPSA) is 234 Å². The van der Waals surface area contributed by atoms with Gasteiger partial charge in [0, 0.05) is 6.04 Å². The van der Waals surface area contributed by atoms with Crippen molar-refractivity contribution >= 4 is 36.0 Å². The zero-order chi connectivity index (χ0) is 27.1. The number of nitrogens with one attached hydrogen (secondary N) is 2. The maximum atomic E-state index is 12.3. The third-order valence-electron chi connectivity index (χ3n) is 6.90. The number of rotatable bonds is 10. The molecule has 2 fully saturated rings. The Balaban J connectivity index is 1.36. The Kier molecular flexibility index (Phi) is 7.70. The van der Waals surface area contributed by atoms with E-state index in [9.17, 15) is 29.7 Å². The Labute approximate surface area is 220 Å². The van der Waals surface area contributed by atoms with Crippen LogP contribution in [0.1, 0.15) is 37.7 Å². The van der Waals surface area contributed by atoms with Gasteiger partial charge in [-0.3, -0.25) is 9.66 Å². The second-order valence-electron chi connectivity index (χ2n) is 9.41. The maximum Gasteiger partial charge on any atom is 0.359 e. The summed E-state index contributed by atoms with van der Waals surface area (Å²) in [6, 6.07) is 0.238. The number of halogens is 1. The van der Waals surface area contributed by atoms with Crippen LogP contribution in [0.25, 0.3) is 11.0 Å². The van der Waals surface area contributed by atoms with Crippen LogP contribution in [0.15, 0.2) is 12.5 Å². The molecule has 0 spiro atoms. The molecule has 0 unspecified atom stereocenters. The summed E-state index contributed by atoms with van der Waals surface area (Å²) in [6.07, 6.45) is 0.859. The normalized spacial score (nSPS) is 26.3. The van der Waals surface area contributed by atoms with Gasteiger partial charge in [0.1, 0.15) is 36.3 Å². The minimum absolute atomic E-state index is 0.0468. The number of aromatic amines is 1. The van der Waals surface area contributed by atoms with Gasteiger partial charge in [0.05, 0.1) is 31.2 Å². The average Bonchev–Trinajstić information content (AvgIpc) is 3.67. The fraction of sp³-hybridized carbons (Fsp3) is 0.650. The zero-order valence-electron chi connectivity index (χ0n) is 20.0. The Morgan fingerprint density at radius 2 is 2.03 bits per heavy atom. The largest absolute Gasteiger partial charge is 0.393 e. The van der Waals surface area contributed by atoms with Gasteiger partial charge in [-0.05, 0) is 24.4 Å². The average molecular weight is 575 g/mol. The Morgan fingerprint density at radius 3 is 2.68 bits per heavy atom. The first-order valence-electron chi connectivity index (χ1n) is 12.0. The highest BCUT2D eigenvalue weighted by Crippen LogP contribution is 2.53. The number of nitrogens with zero attached hydrogens (tertiary/aromatic N) is 6. The van der Waals surface area contributed by atoms with Crippen LogP contribution in [0.2, 0.25) is 5.28 Å². The lowest BCUT2D eigenvalue weighted by Crippen LogP contribution is -2.43. The molecule has 0 radical (unpaired) electrons. The molecule has 7 N–H and O–H groups in total. The van der Waals surface area contributed by atoms with Gasteiger partial charge in [0.25, 0.3) is 0 Å². The first-order valence-corrected chi connectivity index (χ1v) is 13.9. The number of fused-ring (bicyclic) bond motifs is 1. The highest BCUT2D eigenvalue weighted by molar-refractivity contribution is 7.53. The quantitative estimate of drug-likeness (QED) is 0.122. The van der Waals surface area contributed by atoms with Crippen LogP contribution in [0.4, 0.5) is 5.82 Å². The molecule has 0 bridgehead atoms. The molecule has 18 heteroatoms. The maximum absolute atomic E-state index is 12.3. The molecule has 4 heterocycles. The van der Waals surface area contributed by atoms with Gasteiger partial charge < -0.3 is 39.9 Å². The first kappa shape index (κ1) is 27.3. The molecule has 3 aromatic heterocycles. The van der Waals surface area contributed by atoms with Crippen molar-refractivity contribution in [1.82, 2.24) is 34.9 Å². The summed E-state index contributed by atoms with van der Waals surface area (Å²) >= 11 is 6.17. The van der Waals surface area contributed by atoms with Crippen molar-refractivity contribution in [2.45, 2.75) is 68.0 Å². The standard InChI is InChI=1S/C20H28ClN8O8P/c21-19-26-16(25-10-3-1-2-4-10)11-6-24-29(17(11)27-19)18-15(32)14(31)12(37-18)7-36-20(8-30,38(33,34)35)5-13-22-9-23-28-13/h6,9-10,12,14-15,18,30-32H,1-5,7-8H2,(H,22,23,28)(H,25,26,27)(H2,33,34,35)/t12-,14-,15-,18-,20-/m1/s1. The van der Waals surface area contributed by atoms with Crippen molar-refractivity contribution in [3.05, 3.63) is 23.6 Å². The van der Waals surface area contributed by atoms with Crippen LogP contribution < -0.4 is 5.32 Å². The minimum Gasteiger partial charge on any atom is -0.393 e. The fourth-order valence-corrected chi connectivity index (χ4v) is 5.72. The molecule has 16 nitrogen and oxygen atoms in total. The van der Waals surface area contributed by atoms with Crippen molar-refractivity contribution in [3.63, 3.8) is 0 Å². The smallest absolute Gasteiger partial charge is 0.359 e. The minimum atomic E-state index is -5.08. The fourth-order valence-electron chi connectivity index (χ4n) is 4.77. The van der Waals surface area contributed by atoms with Crippen molar-refractivity contribution in [2.24, 2.45) is 0 Å². The summed E-state index contributed by atoms with van der Waals surface area (Å²) in [5.74, 6) is 0.558.